The fourth-order valence-electron chi connectivity index (χ4n) is 2.05. The smallest absolute Gasteiger partial charge is 0.164 e. The SMILES string of the molecule is COc1cc(Br)c(-c2cc(N)n(C)n2)c(C)c1OC. The first kappa shape index (κ1) is 13.7. The number of benzene rings is 1. The number of aromatic nitrogens is 2. The third-order valence-corrected chi connectivity index (χ3v) is 3.66. The van der Waals surface area contributed by atoms with E-state index in [0.717, 1.165) is 21.3 Å². The van der Waals surface area contributed by atoms with E-state index in [1.54, 1.807) is 18.9 Å². The Balaban J connectivity index is 2.70. The van der Waals surface area contributed by atoms with Gasteiger partial charge in [-0.2, -0.15) is 5.10 Å². The van der Waals surface area contributed by atoms with Gasteiger partial charge in [-0.25, -0.2) is 0 Å². The Morgan fingerprint density at radius 1 is 1.26 bits per heavy atom. The number of anilines is 1. The molecule has 0 saturated heterocycles. The van der Waals surface area contributed by atoms with E-state index in [9.17, 15) is 0 Å². The topological polar surface area (TPSA) is 62.3 Å². The fourth-order valence-corrected chi connectivity index (χ4v) is 2.76. The number of ether oxygens (including phenoxy) is 2. The monoisotopic (exact) mass is 325 g/mol. The summed E-state index contributed by atoms with van der Waals surface area (Å²) >= 11 is 3.55. The Kier molecular flexibility index (Phi) is 3.71. The molecule has 0 radical (unpaired) electrons. The largest absolute Gasteiger partial charge is 0.493 e. The highest BCUT2D eigenvalue weighted by Crippen LogP contribution is 2.42. The van der Waals surface area contributed by atoms with Gasteiger partial charge in [0, 0.05) is 28.7 Å². The summed E-state index contributed by atoms with van der Waals surface area (Å²) in [4.78, 5) is 0. The van der Waals surface area contributed by atoms with Crippen molar-refractivity contribution in [3.8, 4) is 22.8 Å². The van der Waals surface area contributed by atoms with E-state index in [-0.39, 0.29) is 0 Å². The molecule has 6 heteroatoms. The van der Waals surface area contributed by atoms with E-state index in [0.29, 0.717) is 17.3 Å². The third kappa shape index (κ3) is 2.28. The zero-order valence-corrected chi connectivity index (χ0v) is 12.9. The maximum Gasteiger partial charge on any atom is 0.164 e. The van der Waals surface area contributed by atoms with Crippen LogP contribution in [-0.2, 0) is 7.05 Å². The molecule has 0 spiro atoms. The van der Waals surface area contributed by atoms with Gasteiger partial charge in [0.05, 0.1) is 19.9 Å². The van der Waals surface area contributed by atoms with Crippen molar-refractivity contribution in [2.24, 2.45) is 7.05 Å². The van der Waals surface area contributed by atoms with Crippen molar-refractivity contribution >= 4 is 21.7 Å². The highest BCUT2D eigenvalue weighted by molar-refractivity contribution is 9.10. The number of nitrogens with zero attached hydrogens (tertiary/aromatic N) is 2. The lowest BCUT2D eigenvalue weighted by molar-refractivity contribution is 0.353. The minimum Gasteiger partial charge on any atom is -0.493 e. The summed E-state index contributed by atoms with van der Waals surface area (Å²) < 4.78 is 13.2. The molecule has 1 heterocycles. The predicted octanol–water partition coefficient (Wildman–Crippen LogP) is 2.76. The molecule has 2 aromatic rings. The van der Waals surface area contributed by atoms with Crippen molar-refractivity contribution in [3.05, 3.63) is 22.2 Å². The van der Waals surface area contributed by atoms with Crippen molar-refractivity contribution < 1.29 is 9.47 Å². The van der Waals surface area contributed by atoms with Crippen LogP contribution >= 0.6 is 15.9 Å². The molecule has 0 amide bonds. The second-order valence-electron chi connectivity index (χ2n) is 4.17. The molecular formula is C13H16BrN3O2. The van der Waals surface area contributed by atoms with Crippen LogP contribution in [0.3, 0.4) is 0 Å². The van der Waals surface area contributed by atoms with Crippen molar-refractivity contribution in [1.82, 2.24) is 9.78 Å². The highest BCUT2D eigenvalue weighted by atomic mass is 79.9. The van der Waals surface area contributed by atoms with Crippen LogP contribution in [0.4, 0.5) is 5.82 Å². The van der Waals surface area contributed by atoms with Gasteiger partial charge in [-0.1, -0.05) is 0 Å². The van der Waals surface area contributed by atoms with E-state index < -0.39 is 0 Å². The Morgan fingerprint density at radius 3 is 2.42 bits per heavy atom. The van der Waals surface area contributed by atoms with E-state index in [4.69, 9.17) is 15.2 Å². The molecule has 0 atom stereocenters. The average Bonchev–Trinajstić information content (AvgIpc) is 2.68. The maximum absolute atomic E-state index is 5.83. The third-order valence-electron chi connectivity index (χ3n) is 3.03. The quantitative estimate of drug-likeness (QED) is 0.942. The normalized spacial score (nSPS) is 10.6. The summed E-state index contributed by atoms with van der Waals surface area (Å²) in [6.45, 7) is 1.96. The van der Waals surface area contributed by atoms with Gasteiger partial charge in [0.2, 0.25) is 0 Å². The molecule has 2 rings (SSSR count). The minimum absolute atomic E-state index is 0.607. The van der Waals surface area contributed by atoms with Gasteiger partial charge in [-0.05, 0) is 28.9 Å². The summed E-state index contributed by atoms with van der Waals surface area (Å²) in [6, 6.07) is 3.70. The van der Waals surface area contributed by atoms with Gasteiger partial charge in [0.15, 0.2) is 11.5 Å². The number of halogens is 1. The van der Waals surface area contributed by atoms with Crippen LogP contribution in [0.1, 0.15) is 5.56 Å². The first-order valence-electron chi connectivity index (χ1n) is 5.70. The molecule has 1 aromatic carbocycles. The van der Waals surface area contributed by atoms with Crippen molar-refractivity contribution in [3.63, 3.8) is 0 Å². The van der Waals surface area contributed by atoms with Gasteiger partial charge in [0.25, 0.3) is 0 Å². The van der Waals surface area contributed by atoms with Crippen LogP contribution in [0.25, 0.3) is 11.3 Å². The lowest BCUT2D eigenvalue weighted by Gasteiger charge is -2.15. The Bertz CT molecular complexity index is 603. The van der Waals surface area contributed by atoms with E-state index in [1.165, 1.54) is 0 Å². The molecule has 0 fully saturated rings. The molecule has 0 saturated carbocycles. The predicted molar refractivity (Wildman–Crippen MR) is 78.6 cm³/mol. The van der Waals surface area contributed by atoms with Crippen LogP contribution in [0.2, 0.25) is 0 Å². The number of hydrogen-bond acceptors (Lipinski definition) is 4. The Labute approximate surface area is 120 Å². The van der Waals surface area contributed by atoms with Crippen LogP contribution in [-0.4, -0.2) is 24.0 Å². The second kappa shape index (κ2) is 5.13. The number of aryl methyl sites for hydroxylation is 1. The summed E-state index contributed by atoms with van der Waals surface area (Å²) in [5.74, 6) is 1.99. The molecular weight excluding hydrogens is 310 g/mol. The minimum atomic E-state index is 0.607. The second-order valence-corrected chi connectivity index (χ2v) is 5.03. The summed E-state index contributed by atoms with van der Waals surface area (Å²) in [5.41, 5.74) is 8.53. The zero-order chi connectivity index (χ0) is 14.2. The number of hydrogen-bond donors (Lipinski definition) is 1. The van der Waals surface area contributed by atoms with E-state index in [2.05, 4.69) is 21.0 Å². The highest BCUT2D eigenvalue weighted by Gasteiger charge is 2.18. The Morgan fingerprint density at radius 2 is 1.95 bits per heavy atom. The summed E-state index contributed by atoms with van der Waals surface area (Å²) in [6.07, 6.45) is 0. The molecule has 5 nitrogen and oxygen atoms in total. The first-order valence-corrected chi connectivity index (χ1v) is 6.49. The Hall–Kier alpha value is -1.69. The van der Waals surface area contributed by atoms with Gasteiger partial charge < -0.3 is 15.2 Å². The molecule has 102 valence electrons. The summed E-state index contributed by atoms with van der Waals surface area (Å²) in [5, 5.41) is 4.40. The van der Waals surface area contributed by atoms with Crippen molar-refractivity contribution in [2.45, 2.75) is 6.92 Å². The van der Waals surface area contributed by atoms with Crippen LogP contribution in [0.15, 0.2) is 16.6 Å². The lowest BCUT2D eigenvalue weighted by atomic mass is 10.0. The molecule has 2 N–H and O–H groups in total. The van der Waals surface area contributed by atoms with Gasteiger partial charge in [-0.15, -0.1) is 0 Å². The molecule has 19 heavy (non-hydrogen) atoms. The van der Waals surface area contributed by atoms with Crippen LogP contribution < -0.4 is 15.2 Å². The molecule has 0 aliphatic heterocycles. The van der Waals surface area contributed by atoms with Gasteiger partial charge >= 0.3 is 0 Å². The standard InChI is InChI=1S/C13H16BrN3O2/c1-7-12(9-6-11(15)17(2)16-9)8(14)5-10(18-3)13(7)19-4/h5-6H,15H2,1-4H3. The molecule has 0 aliphatic rings. The number of methoxy groups -OCH3 is 2. The van der Waals surface area contributed by atoms with Gasteiger partial charge in [-0.3, -0.25) is 4.68 Å². The summed E-state index contributed by atoms with van der Waals surface area (Å²) in [7, 11) is 5.04. The molecule has 1 aromatic heterocycles. The average molecular weight is 326 g/mol. The molecule has 0 bridgehead atoms. The number of rotatable bonds is 3. The van der Waals surface area contributed by atoms with E-state index >= 15 is 0 Å². The number of nitrogens with two attached hydrogens (primary N) is 1. The van der Waals surface area contributed by atoms with E-state index in [1.807, 2.05) is 26.1 Å². The van der Waals surface area contributed by atoms with Crippen LogP contribution in [0, 0.1) is 6.92 Å². The fraction of sp³-hybridized carbons (Fsp3) is 0.308. The number of nitrogen functional groups attached to an aromatic ring is 1. The lowest BCUT2D eigenvalue weighted by Crippen LogP contribution is -1.98. The van der Waals surface area contributed by atoms with Crippen molar-refractivity contribution in [2.75, 3.05) is 20.0 Å². The molecule has 0 aliphatic carbocycles. The van der Waals surface area contributed by atoms with Crippen LogP contribution in [0.5, 0.6) is 11.5 Å². The van der Waals surface area contributed by atoms with Crippen molar-refractivity contribution in [1.29, 1.82) is 0 Å². The molecule has 0 unspecified atom stereocenters. The maximum atomic E-state index is 5.83. The zero-order valence-electron chi connectivity index (χ0n) is 11.3. The first-order chi connectivity index (χ1) is 8.99. The van der Waals surface area contributed by atoms with Gasteiger partial charge in [0.1, 0.15) is 5.82 Å².